The number of carboxylic acid groups (broad SMARTS) is 1. The lowest BCUT2D eigenvalue weighted by molar-refractivity contribution is -0.142. The van der Waals surface area contributed by atoms with Gasteiger partial charge in [-0.1, -0.05) is 0 Å². The minimum absolute atomic E-state index is 0.0444. The van der Waals surface area contributed by atoms with E-state index in [0.717, 1.165) is 4.90 Å². The van der Waals surface area contributed by atoms with Gasteiger partial charge in [0.15, 0.2) is 0 Å². The van der Waals surface area contributed by atoms with E-state index >= 15 is 0 Å². The number of aliphatic carboxylic acids is 1. The van der Waals surface area contributed by atoms with Crippen molar-refractivity contribution in [2.24, 2.45) is 0 Å². The Morgan fingerprint density at radius 2 is 2.13 bits per heavy atom. The molecule has 0 bridgehead atoms. The summed E-state index contributed by atoms with van der Waals surface area (Å²) in [6.45, 7) is 3.25. The van der Waals surface area contributed by atoms with Crippen LogP contribution in [0.15, 0.2) is 11.6 Å². The SMILES string of the molecule is CC1=CC(=O)N(C(C)CCC(=O)O)C1=O. The van der Waals surface area contributed by atoms with Gasteiger partial charge < -0.3 is 5.11 Å². The van der Waals surface area contributed by atoms with Crippen molar-refractivity contribution in [1.29, 1.82) is 0 Å². The van der Waals surface area contributed by atoms with Gasteiger partial charge in [0.05, 0.1) is 0 Å². The van der Waals surface area contributed by atoms with E-state index in [0.29, 0.717) is 5.57 Å². The normalized spacial score (nSPS) is 18.0. The number of carboxylic acids is 1. The maximum absolute atomic E-state index is 11.5. The van der Waals surface area contributed by atoms with Crippen molar-refractivity contribution in [3.63, 3.8) is 0 Å². The predicted octanol–water partition coefficient (Wildman–Crippen LogP) is 0.555. The van der Waals surface area contributed by atoms with E-state index in [4.69, 9.17) is 5.11 Å². The lowest BCUT2D eigenvalue weighted by atomic mass is 10.1. The molecule has 15 heavy (non-hydrogen) atoms. The van der Waals surface area contributed by atoms with Gasteiger partial charge in [-0.3, -0.25) is 19.3 Å². The van der Waals surface area contributed by atoms with Crippen LogP contribution in [0.3, 0.4) is 0 Å². The molecule has 0 spiro atoms. The summed E-state index contributed by atoms with van der Waals surface area (Å²) in [6.07, 6.45) is 1.52. The fourth-order valence-corrected chi connectivity index (χ4v) is 1.49. The molecule has 2 amide bonds. The smallest absolute Gasteiger partial charge is 0.303 e. The summed E-state index contributed by atoms with van der Waals surface area (Å²) in [5.74, 6) is -1.60. The maximum Gasteiger partial charge on any atom is 0.303 e. The second kappa shape index (κ2) is 4.25. The molecule has 0 saturated carbocycles. The number of hydrogen-bond acceptors (Lipinski definition) is 3. The van der Waals surface area contributed by atoms with Crippen LogP contribution in [0.5, 0.6) is 0 Å². The minimum atomic E-state index is -0.925. The molecular weight excluding hydrogens is 198 g/mol. The summed E-state index contributed by atoms with van der Waals surface area (Å²) in [5.41, 5.74) is 0.405. The third kappa shape index (κ3) is 2.43. The lowest BCUT2D eigenvalue weighted by Crippen LogP contribution is -2.39. The number of carbonyl (C=O) groups is 3. The van der Waals surface area contributed by atoms with Crippen molar-refractivity contribution in [1.82, 2.24) is 4.90 Å². The Morgan fingerprint density at radius 1 is 1.53 bits per heavy atom. The third-order valence-electron chi connectivity index (χ3n) is 2.35. The van der Waals surface area contributed by atoms with Gasteiger partial charge in [-0.05, 0) is 20.3 Å². The molecular formula is C10H13NO4. The van der Waals surface area contributed by atoms with Crippen molar-refractivity contribution >= 4 is 17.8 Å². The van der Waals surface area contributed by atoms with Gasteiger partial charge in [0.2, 0.25) is 0 Å². The second-order valence-electron chi connectivity index (χ2n) is 3.62. The number of rotatable bonds is 4. The maximum atomic E-state index is 11.5. The zero-order valence-corrected chi connectivity index (χ0v) is 8.69. The van der Waals surface area contributed by atoms with Crippen molar-refractivity contribution in [3.05, 3.63) is 11.6 Å². The number of imide groups is 1. The van der Waals surface area contributed by atoms with Gasteiger partial charge in [-0.25, -0.2) is 0 Å². The van der Waals surface area contributed by atoms with Gasteiger partial charge >= 0.3 is 5.97 Å². The van der Waals surface area contributed by atoms with Crippen LogP contribution in [0.1, 0.15) is 26.7 Å². The number of nitrogens with zero attached hydrogens (tertiary/aromatic N) is 1. The number of hydrogen-bond donors (Lipinski definition) is 1. The first kappa shape index (κ1) is 11.4. The molecule has 1 N–H and O–H groups in total. The summed E-state index contributed by atoms with van der Waals surface area (Å²) in [6, 6.07) is -0.366. The van der Waals surface area contributed by atoms with Crippen LogP contribution in [0, 0.1) is 0 Å². The summed E-state index contributed by atoms with van der Waals surface area (Å²) >= 11 is 0. The van der Waals surface area contributed by atoms with Crippen LogP contribution in [-0.2, 0) is 14.4 Å². The molecule has 1 aliphatic rings. The highest BCUT2D eigenvalue weighted by atomic mass is 16.4. The molecule has 0 aliphatic carbocycles. The molecule has 1 unspecified atom stereocenters. The topological polar surface area (TPSA) is 74.7 Å². The largest absolute Gasteiger partial charge is 0.481 e. The standard InChI is InChI=1S/C10H13NO4/c1-6-5-8(12)11(10(6)15)7(2)3-4-9(13)14/h5,7H,3-4H2,1-2H3,(H,13,14). The van der Waals surface area contributed by atoms with Gasteiger partial charge in [-0.15, -0.1) is 0 Å². The molecule has 82 valence electrons. The van der Waals surface area contributed by atoms with Crippen LogP contribution >= 0.6 is 0 Å². The van der Waals surface area contributed by atoms with E-state index in [1.54, 1.807) is 13.8 Å². The monoisotopic (exact) mass is 211 g/mol. The highest BCUT2D eigenvalue weighted by molar-refractivity contribution is 6.16. The number of carbonyl (C=O) groups excluding carboxylic acids is 2. The first-order valence-electron chi connectivity index (χ1n) is 4.71. The fourth-order valence-electron chi connectivity index (χ4n) is 1.49. The molecule has 1 heterocycles. The van der Waals surface area contributed by atoms with Gasteiger partial charge in [0.1, 0.15) is 0 Å². The van der Waals surface area contributed by atoms with Crippen LogP contribution in [-0.4, -0.2) is 33.8 Å². The Balaban J connectivity index is 2.62. The average Bonchev–Trinajstić information content (AvgIpc) is 2.37. The molecule has 0 fully saturated rings. The Morgan fingerprint density at radius 3 is 2.53 bits per heavy atom. The highest BCUT2D eigenvalue weighted by Crippen LogP contribution is 2.17. The summed E-state index contributed by atoms with van der Waals surface area (Å²) < 4.78 is 0. The Bertz CT molecular complexity index is 345. The first-order valence-corrected chi connectivity index (χ1v) is 4.71. The highest BCUT2D eigenvalue weighted by Gasteiger charge is 2.32. The minimum Gasteiger partial charge on any atom is -0.481 e. The molecule has 1 atom stereocenters. The molecule has 5 heteroatoms. The average molecular weight is 211 g/mol. The summed E-state index contributed by atoms with van der Waals surface area (Å²) in [5, 5.41) is 8.49. The van der Waals surface area contributed by atoms with E-state index in [1.807, 2.05) is 0 Å². The zero-order chi connectivity index (χ0) is 11.6. The van der Waals surface area contributed by atoms with Gasteiger partial charge in [0, 0.05) is 24.1 Å². The van der Waals surface area contributed by atoms with E-state index in [2.05, 4.69) is 0 Å². The zero-order valence-electron chi connectivity index (χ0n) is 8.69. The van der Waals surface area contributed by atoms with Crippen molar-refractivity contribution < 1.29 is 19.5 Å². The molecule has 1 rings (SSSR count). The van der Waals surface area contributed by atoms with E-state index < -0.39 is 5.97 Å². The van der Waals surface area contributed by atoms with Crippen molar-refractivity contribution in [3.8, 4) is 0 Å². The Hall–Kier alpha value is -1.65. The third-order valence-corrected chi connectivity index (χ3v) is 2.35. The molecule has 0 aromatic carbocycles. The quantitative estimate of drug-likeness (QED) is 0.689. The van der Waals surface area contributed by atoms with Crippen LogP contribution < -0.4 is 0 Å². The second-order valence-corrected chi connectivity index (χ2v) is 3.62. The molecule has 5 nitrogen and oxygen atoms in total. The molecule has 0 radical (unpaired) electrons. The predicted molar refractivity (Wildman–Crippen MR) is 51.9 cm³/mol. The van der Waals surface area contributed by atoms with Crippen molar-refractivity contribution in [2.45, 2.75) is 32.7 Å². The Labute approximate surface area is 87.4 Å². The van der Waals surface area contributed by atoms with Gasteiger partial charge in [-0.2, -0.15) is 0 Å². The molecule has 0 aromatic heterocycles. The van der Waals surface area contributed by atoms with Crippen LogP contribution in [0.4, 0.5) is 0 Å². The molecule has 0 aromatic rings. The van der Waals surface area contributed by atoms with E-state index in [-0.39, 0.29) is 30.7 Å². The molecule has 1 aliphatic heterocycles. The first-order chi connectivity index (χ1) is 6.93. The fraction of sp³-hybridized carbons (Fsp3) is 0.500. The summed E-state index contributed by atoms with van der Waals surface area (Å²) in [4.78, 5) is 34.3. The van der Waals surface area contributed by atoms with Crippen LogP contribution in [0.2, 0.25) is 0 Å². The lowest BCUT2D eigenvalue weighted by Gasteiger charge is -2.22. The Kier molecular flexibility index (Phi) is 3.24. The van der Waals surface area contributed by atoms with Gasteiger partial charge in [0.25, 0.3) is 11.8 Å². The number of amides is 2. The van der Waals surface area contributed by atoms with E-state index in [9.17, 15) is 14.4 Å². The molecule has 0 saturated heterocycles. The van der Waals surface area contributed by atoms with Crippen molar-refractivity contribution in [2.75, 3.05) is 0 Å². The van der Waals surface area contributed by atoms with Crippen LogP contribution in [0.25, 0.3) is 0 Å². The van der Waals surface area contributed by atoms with E-state index in [1.165, 1.54) is 6.08 Å². The summed E-state index contributed by atoms with van der Waals surface area (Å²) in [7, 11) is 0.